The Morgan fingerprint density at radius 2 is 2.12 bits per heavy atom. The highest BCUT2D eigenvalue weighted by molar-refractivity contribution is 7.92. The third-order valence-electron chi connectivity index (χ3n) is 2.51. The van der Waals surface area contributed by atoms with E-state index in [1.807, 2.05) is 6.92 Å². The molecule has 1 atom stereocenters. The molecule has 0 aromatic heterocycles. The first kappa shape index (κ1) is 13.5. The van der Waals surface area contributed by atoms with Crippen molar-refractivity contribution in [1.29, 1.82) is 0 Å². The maximum absolute atomic E-state index is 12.2. The summed E-state index contributed by atoms with van der Waals surface area (Å²) in [5.74, 6) is 0. The Morgan fingerprint density at radius 3 is 2.62 bits per heavy atom. The normalized spacial score (nSPS) is 13.7. The van der Waals surface area contributed by atoms with Gasteiger partial charge in [0.25, 0.3) is 0 Å². The van der Waals surface area contributed by atoms with Crippen molar-refractivity contribution in [3.05, 3.63) is 29.3 Å². The van der Waals surface area contributed by atoms with Crippen molar-refractivity contribution >= 4 is 21.4 Å². The summed E-state index contributed by atoms with van der Waals surface area (Å²) in [4.78, 5) is 0.278. The van der Waals surface area contributed by atoms with Gasteiger partial charge in [-0.1, -0.05) is 24.6 Å². The van der Waals surface area contributed by atoms with Gasteiger partial charge < -0.3 is 5.73 Å². The second-order valence-corrected chi connectivity index (χ2v) is 6.27. The zero-order valence-electron chi connectivity index (χ0n) is 9.19. The highest BCUT2D eigenvalue weighted by atomic mass is 35.5. The lowest BCUT2D eigenvalue weighted by Crippen LogP contribution is -2.23. The first-order valence-electron chi connectivity index (χ1n) is 5.22. The molecular weight excluding hydrogens is 246 g/mol. The predicted molar refractivity (Wildman–Crippen MR) is 66.4 cm³/mol. The number of hydrogen-bond donors (Lipinski definition) is 1. The number of nitrogens with two attached hydrogens (primary N) is 1. The van der Waals surface area contributed by atoms with Gasteiger partial charge in [-0.2, -0.15) is 0 Å². The molecule has 2 N–H and O–H groups in total. The summed E-state index contributed by atoms with van der Waals surface area (Å²) in [6, 6.07) is 6.35. The van der Waals surface area contributed by atoms with Crippen molar-refractivity contribution in [3.8, 4) is 0 Å². The lowest BCUT2D eigenvalue weighted by molar-refractivity contribution is 0.567. The second kappa shape index (κ2) is 5.66. The molecule has 1 aromatic carbocycles. The average molecular weight is 262 g/mol. The smallest absolute Gasteiger partial charge is 0.181 e. The molecule has 1 aromatic rings. The van der Waals surface area contributed by atoms with Gasteiger partial charge in [0, 0.05) is 5.02 Å². The van der Waals surface area contributed by atoms with E-state index in [0.717, 1.165) is 0 Å². The molecule has 1 rings (SSSR count). The van der Waals surface area contributed by atoms with Gasteiger partial charge in [0.05, 0.1) is 10.1 Å². The molecule has 3 nitrogen and oxygen atoms in total. The molecule has 0 amide bonds. The van der Waals surface area contributed by atoms with Crippen molar-refractivity contribution in [2.24, 2.45) is 5.73 Å². The number of benzene rings is 1. The Labute approximate surface area is 102 Å². The first-order valence-corrected chi connectivity index (χ1v) is 7.14. The number of rotatable bonds is 5. The van der Waals surface area contributed by atoms with Gasteiger partial charge in [-0.15, -0.1) is 0 Å². The van der Waals surface area contributed by atoms with E-state index in [1.54, 1.807) is 18.2 Å². The molecule has 0 spiro atoms. The van der Waals surface area contributed by atoms with Gasteiger partial charge in [0.2, 0.25) is 0 Å². The molecule has 0 bridgehead atoms. The molecule has 0 saturated heterocycles. The molecule has 16 heavy (non-hydrogen) atoms. The summed E-state index contributed by atoms with van der Waals surface area (Å²) < 4.78 is 24.4. The van der Waals surface area contributed by atoms with E-state index in [4.69, 9.17) is 17.3 Å². The Kier molecular flexibility index (Phi) is 4.77. The third-order valence-corrected chi connectivity index (χ3v) is 5.10. The van der Waals surface area contributed by atoms with Crippen molar-refractivity contribution in [1.82, 2.24) is 0 Å². The summed E-state index contributed by atoms with van der Waals surface area (Å²) in [6.45, 7) is 2.22. The fourth-order valence-corrected chi connectivity index (χ4v) is 3.69. The molecule has 0 saturated carbocycles. The Morgan fingerprint density at radius 1 is 1.44 bits per heavy atom. The SMILES string of the molecule is CCC(CCN)S(=O)(=O)c1cccc(Cl)c1. The van der Waals surface area contributed by atoms with Crippen LogP contribution in [-0.2, 0) is 9.84 Å². The van der Waals surface area contributed by atoms with E-state index in [-0.39, 0.29) is 4.90 Å². The van der Waals surface area contributed by atoms with Crippen molar-refractivity contribution < 1.29 is 8.42 Å². The first-order chi connectivity index (χ1) is 7.52. The van der Waals surface area contributed by atoms with E-state index in [2.05, 4.69) is 0 Å². The largest absolute Gasteiger partial charge is 0.330 e. The van der Waals surface area contributed by atoms with Gasteiger partial charge >= 0.3 is 0 Å². The van der Waals surface area contributed by atoms with Crippen molar-refractivity contribution in [2.45, 2.75) is 29.9 Å². The summed E-state index contributed by atoms with van der Waals surface area (Å²) in [7, 11) is -3.30. The van der Waals surface area contributed by atoms with Crippen molar-refractivity contribution in [3.63, 3.8) is 0 Å². The number of sulfone groups is 1. The van der Waals surface area contributed by atoms with E-state index >= 15 is 0 Å². The molecule has 0 heterocycles. The monoisotopic (exact) mass is 261 g/mol. The molecule has 90 valence electrons. The van der Waals surface area contributed by atoms with Gasteiger partial charge in [-0.05, 0) is 37.6 Å². The van der Waals surface area contributed by atoms with E-state index in [9.17, 15) is 8.42 Å². The quantitative estimate of drug-likeness (QED) is 0.884. The maximum Gasteiger partial charge on any atom is 0.181 e. The fraction of sp³-hybridized carbons (Fsp3) is 0.455. The summed E-state index contributed by atoms with van der Waals surface area (Å²) in [5.41, 5.74) is 5.42. The highest BCUT2D eigenvalue weighted by Crippen LogP contribution is 2.22. The van der Waals surface area contributed by atoms with E-state index in [0.29, 0.717) is 24.4 Å². The topological polar surface area (TPSA) is 60.2 Å². The minimum absolute atomic E-state index is 0.278. The Hall–Kier alpha value is -0.580. The van der Waals surface area contributed by atoms with Gasteiger partial charge in [0.1, 0.15) is 0 Å². The van der Waals surface area contributed by atoms with Crippen LogP contribution in [0.3, 0.4) is 0 Å². The van der Waals surface area contributed by atoms with Crippen LogP contribution in [-0.4, -0.2) is 20.2 Å². The lowest BCUT2D eigenvalue weighted by atomic mass is 10.2. The van der Waals surface area contributed by atoms with Crippen LogP contribution in [0.2, 0.25) is 5.02 Å². The standard InChI is InChI=1S/C11H16ClNO2S/c1-2-10(6-7-13)16(14,15)11-5-3-4-9(12)8-11/h3-5,8,10H,2,6-7,13H2,1H3. The molecular formula is C11H16ClNO2S. The summed E-state index contributed by atoms with van der Waals surface area (Å²) >= 11 is 5.79. The van der Waals surface area contributed by atoms with Crippen LogP contribution in [0.15, 0.2) is 29.2 Å². The molecule has 0 aliphatic heterocycles. The van der Waals surface area contributed by atoms with E-state index in [1.165, 1.54) is 6.07 Å². The Bertz CT molecular complexity index is 445. The zero-order valence-corrected chi connectivity index (χ0v) is 10.8. The van der Waals surface area contributed by atoms with Crippen LogP contribution >= 0.6 is 11.6 Å². The van der Waals surface area contributed by atoms with Crippen LogP contribution in [0.5, 0.6) is 0 Å². The van der Waals surface area contributed by atoms with Gasteiger partial charge in [-0.3, -0.25) is 0 Å². The molecule has 1 unspecified atom stereocenters. The third kappa shape index (κ3) is 2.97. The maximum atomic E-state index is 12.2. The van der Waals surface area contributed by atoms with Crippen LogP contribution < -0.4 is 5.73 Å². The number of hydrogen-bond acceptors (Lipinski definition) is 3. The molecule has 0 aliphatic carbocycles. The Balaban J connectivity index is 3.09. The second-order valence-electron chi connectivity index (χ2n) is 3.61. The van der Waals surface area contributed by atoms with Gasteiger partial charge in [0.15, 0.2) is 9.84 Å². The summed E-state index contributed by atoms with van der Waals surface area (Å²) in [5, 5.41) is 0.0136. The van der Waals surface area contributed by atoms with Crippen LogP contribution in [0.4, 0.5) is 0 Å². The minimum Gasteiger partial charge on any atom is -0.330 e. The van der Waals surface area contributed by atoms with Crippen LogP contribution in [0.25, 0.3) is 0 Å². The molecule has 5 heteroatoms. The minimum atomic E-state index is -3.30. The van der Waals surface area contributed by atoms with Gasteiger partial charge in [-0.25, -0.2) is 8.42 Å². The lowest BCUT2D eigenvalue weighted by Gasteiger charge is -2.15. The predicted octanol–water partition coefficient (Wildman–Crippen LogP) is 2.24. The molecule has 0 fully saturated rings. The molecule has 0 aliphatic rings. The van der Waals surface area contributed by atoms with Crippen LogP contribution in [0, 0.1) is 0 Å². The number of halogens is 1. The molecule has 0 radical (unpaired) electrons. The average Bonchev–Trinajstić information content (AvgIpc) is 2.25. The summed E-state index contributed by atoms with van der Waals surface area (Å²) in [6.07, 6.45) is 1.04. The van der Waals surface area contributed by atoms with Crippen LogP contribution in [0.1, 0.15) is 19.8 Å². The zero-order chi connectivity index (χ0) is 12.2. The highest BCUT2D eigenvalue weighted by Gasteiger charge is 2.25. The fourth-order valence-electron chi connectivity index (χ4n) is 1.60. The van der Waals surface area contributed by atoms with E-state index < -0.39 is 15.1 Å². The van der Waals surface area contributed by atoms with Crippen molar-refractivity contribution in [2.75, 3.05) is 6.54 Å².